The number of nitrogens with two attached hydrogens (primary N) is 1. The quantitative estimate of drug-likeness (QED) is 0.946. The lowest BCUT2D eigenvalue weighted by Crippen LogP contribution is -2.45. The zero-order chi connectivity index (χ0) is 14.3. The van der Waals surface area contributed by atoms with Gasteiger partial charge in [0.25, 0.3) is 0 Å². The highest BCUT2D eigenvalue weighted by Gasteiger charge is 2.29. The topological polar surface area (TPSA) is 46.6 Å². The number of thiazole rings is 1. The van der Waals surface area contributed by atoms with E-state index in [2.05, 4.69) is 53.4 Å². The van der Waals surface area contributed by atoms with Crippen molar-refractivity contribution in [2.75, 3.05) is 17.2 Å². The number of thioether (sulfide) groups is 1. The van der Waals surface area contributed by atoms with Gasteiger partial charge >= 0.3 is 0 Å². The van der Waals surface area contributed by atoms with Crippen LogP contribution < -0.4 is 10.6 Å². The number of hydrogen-bond acceptors (Lipinski definition) is 5. The van der Waals surface area contributed by atoms with Gasteiger partial charge in [0, 0.05) is 47.6 Å². The molecule has 3 atom stereocenters. The highest BCUT2D eigenvalue weighted by atomic mass is 32.2. The number of anilines is 1. The minimum absolute atomic E-state index is 0.153. The van der Waals surface area contributed by atoms with Gasteiger partial charge in [-0.15, -0.1) is 11.3 Å². The van der Waals surface area contributed by atoms with Crippen molar-refractivity contribution in [3.8, 4) is 0 Å². The molecule has 2 aromatic heterocycles. The van der Waals surface area contributed by atoms with Gasteiger partial charge in [-0.25, -0.2) is 4.98 Å². The molecule has 0 radical (unpaired) electrons. The maximum absolute atomic E-state index is 6.04. The van der Waals surface area contributed by atoms with E-state index in [0.717, 1.165) is 23.7 Å². The molecule has 0 amide bonds. The van der Waals surface area contributed by atoms with Gasteiger partial charge in [-0.2, -0.15) is 11.8 Å². The largest absolute Gasteiger partial charge is 0.350 e. The highest BCUT2D eigenvalue weighted by Crippen LogP contribution is 2.32. The molecule has 2 aromatic rings. The number of fused-ring (bicyclic) bond motifs is 1. The maximum Gasteiger partial charge on any atom is 0.195 e. The minimum atomic E-state index is 0.153. The summed E-state index contributed by atoms with van der Waals surface area (Å²) in [6, 6.07) is 0.672. The Morgan fingerprint density at radius 1 is 1.50 bits per heavy atom. The molecule has 0 aliphatic carbocycles. The van der Waals surface area contributed by atoms with Crippen LogP contribution >= 0.6 is 23.1 Å². The van der Waals surface area contributed by atoms with Crippen LogP contribution in [0.25, 0.3) is 4.96 Å². The summed E-state index contributed by atoms with van der Waals surface area (Å²) in [7, 11) is 0. The van der Waals surface area contributed by atoms with Gasteiger partial charge in [-0.05, 0) is 13.8 Å². The van der Waals surface area contributed by atoms with E-state index in [1.54, 1.807) is 11.3 Å². The van der Waals surface area contributed by atoms with Gasteiger partial charge in [0.1, 0.15) is 0 Å². The summed E-state index contributed by atoms with van der Waals surface area (Å²) in [5.74, 6) is 2.32. The Morgan fingerprint density at radius 3 is 3.05 bits per heavy atom. The summed E-state index contributed by atoms with van der Waals surface area (Å²) in [5.41, 5.74) is 7.31. The molecule has 20 heavy (non-hydrogen) atoms. The molecule has 3 unspecified atom stereocenters. The van der Waals surface area contributed by atoms with Crippen molar-refractivity contribution in [1.29, 1.82) is 0 Å². The molecule has 4 nitrogen and oxygen atoms in total. The van der Waals surface area contributed by atoms with E-state index in [0.29, 0.717) is 11.3 Å². The monoisotopic (exact) mass is 310 g/mol. The average Bonchev–Trinajstić information content (AvgIpc) is 2.95. The van der Waals surface area contributed by atoms with Gasteiger partial charge in [0.05, 0.1) is 5.69 Å². The maximum atomic E-state index is 6.04. The van der Waals surface area contributed by atoms with E-state index < -0.39 is 0 Å². The molecular weight excluding hydrogens is 288 g/mol. The second-order valence-corrected chi connectivity index (χ2v) is 7.99. The van der Waals surface area contributed by atoms with Crippen LogP contribution in [-0.2, 0) is 6.42 Å². The van der Waals surface area contributed by atoms with Crippen LogP contribution in [0.4, 0.5) is 5.82 Å². The second kappa shape index (κ2) is 5.58. The van der Waals surface area contributed by atoms with Crippen molar-refractivity contribution in [2.24, 2.45) is 5.73 Å². The number of imidazole rings is 1. The Hall–Kier alpha value is -0.720. The molecule has 1 saturated heterocycles. The van der Waals surface area contributed by atoms with E-state index in [1.807, 2.05) is 0 Å². The minimum Gasteiger partial charge on any atom is -0.350 e. The summed E-state index contributed by atoms with van der Waals surface area (Å²) in [6.45, 7) is 7.76. The fourth-order valence-electron chi connectivity index (χ4n) is 2.78. The SMILES string of the molecule is CC(N)Cc1c(N2CCSC(C)C2C)nc2sccn12. The van der Waals surface area contributed by atoms with E-state index in [4.69, 9.17) is 10.7 Å². The van der Waals surface area contributed by atoms with Crippen LogP contribution in [0, 0.1) is 0 Å². The molecule has 0 bridgehead atoms. The zero-order valence-corrected chi connectivity index (χ0v) is 13.9. The normalized spacial score (nSPS) is 25.3. The van der Waals surface area contributed by atoms with Gasteiger partial charge < -0.3 is 10.6 Å². The lowest BCUT2D eigenvalue weighted by Gasteiger charge is -2.38. The third-order valence-corrected chi connectivity index (χ3v) is 6.11. The summed E-state index contributed by atoms with van der Waals surface area (Å²) in [5, 5.41) is 2.74. The second-order valence-electron chi connectivity index (χ2n) is 5.63. The Balaban J connectivity index is 2.03. The Kier molecular flexibility index (Phi) is 3.97. The summed E-state index contributed by atoms with van der Waals surface area (Å²) >= 11 is 3.75. The van der Waals surface area contributed by atoms with Crippen molar-refractivity contribution in [3.05, 3.63) is 17.3 Å². The fourth-order valence-corrected chi connectivity index (χ4v) is 4.61. The van der Waals surface area contributed by atoms with Crippen molar-refractivity contribution >= 4 is 33.9 Å². The fraction of sp³-hybridized carbons (Fsp3) is 0.643. The highest BCUT2D eigenvalue weighted by molar-refractivity contribution is 8.00. The van der Waals surface area contributed by atoms with Crippen LogP contribution in [0.3, 0.4) is 0 Å². The van der Waals surface area contributed by atoms with E-state index in [9.17, 15) is 0 Å². The molecule has 1 aliphatic heterocycles. The van der Waals surface area contributed by atoms with Crippen molar-refractivity contribution in [3.63, 3.8) is 0 Å². The summed E-state index contributed by atoms with van der Waals surface area (Å²) < 4.78 is 2.21. The first-order chi connectivity index (χ1) is 9.58. The number of rotatable bonds is 3. The van der Waals surface area contributed by atoms with Crippen LogP contribution in [0.5, 0.6) is 0 Å². The molecule has 1 aliphatic rings. The third kappa shape index (κ3) is 2.44. The molecule has 1 fully saturated rings. The molecule has 110 valence electrons. The standard InChI is InChI=1S/C14H22N4S2/c1-9(15)8-12-13(16-14-18(12)5-7-20-14)17-4-6-19-11(3)10(17)2/h5,7,9-11H,4,6,8,15H2,1-3H3. The van der Waals surface area contributed by atoms with Gasteiger partial charge in [0.2, 0.25) is 0 Å². The van der Waals surface area contributed by atoms with Crippen molar-refractivity contribution in [2.45, 2.75) is 44.5 Å². The van der Waals surface area contributed by atoms with Crippen molar-refractivity contribution < 1.29 is 0 Å². The Morgan fingerprint density at radius 2 is 2.30 bits per heavy atom. The Labute approximate surface area is 128 Å². The van der Waals surface area contributed by atoms with Crippen molar-refractivity contribution in [1.82, 2.24) is 9.38 Å². The van der Waals surface area contributed by atoms with Crippen LogP contribution in [0.2, 0.25) is 0 Å². The van der Waals surface area contributed by atoms with Crippen LogP contribution in [0.1, 0.15) is 26.5 Å². The average molecular weight is 310 g/mol. The molecule has 0 spiro atoms. The van der Waals surface area contributed by atoms with E-state index in [-0.39, 0.29) is 6.04 Å². The van der Waals surface area contributed by atoms with E-state index in [1.165, 1.54) is 11.4 Å². The predicted molar refractivity (Wildman–Crippen MR) is 89.2 cm³/mol. The lowest BCUT2D eigenvalue weighted by atomic mass is 10.1. The van der Waals surface area contributed by atoms with Crippen LogP contribution in [-0.4, -0.2) is 39.0 Å². The van der Waals surface area contributed by atoms with E-state index >= 15 is 0 Å². The van der Waals surface area contributed by atoms with Gasteiger partial charge in [-0.1, -0.05) is 6.92 Å². The lowest BCUT2D eigenvalue weighted by molar-refractivity contribution is 0.614. The van der Waals surface area contributed by atoms with Gasteiger partial charge in [-0.3, -0.25) is 4.40 Å². The first kappa shape index (κ1) is 14.2. The summed E-state index contributed by atoms with van der Waals surface area (Å²) in [4.78, 5) is 8.43. The molecular formula is C14H22N4S2. The smallest absolute Gasteiger partial charge is 0.195 e. The van der Waals surface area contributed by atoms with Crippen LogP contribution in [0.15, 0.2) is 11.6 Å². The first-order valence-corrected chi connectivity index (χ1v) is 9.09. The number of aromatic nitrogens is 2. The molecule has 0 aromatic carbocycles. The van der Waals surface area contributed by atoms with Gasteiger partial charge in [0.15, 0.2) is 10.8 Å². The number of hydrogen-bond donors (Lipinski definition) is 1. The Bertz CT molecular complexity index is 589. The zero-order valence-electron chi connectivity index (χ0n) is 12.2. The molecule has 0 saturated carbocycles. The first-order valence-electron chi connectivity index (χ1n) is 7.16. The predicted octanol–water partition coefficient (Wildman–Crippen LogP) is 2.62. The molecule has 2 N–H and O–H groups in total. The number of nitrogens with zero attached hydrogens (tertiary/aromatic N) is 3. The summed E-state index contributed by atoms with van der Waals surface area (Å²) in [6.07, 6.45) is 2.99. The third-order valence-electron chi connectivity index (χ3n) is 4.01. The molecule has 3 heterocycles. The molecule has 3 rings (SSSR count). The molecule has 6 heteroatoms.